The molecule has 1 aromatic carbocycles. The van der Waals surface area contributed by atoms with Gasteiger partial charge in [0.15, 0.2) is 0 Å². The molecule has 1 spiro atoms. The summed E-state index contributed by atoms with van der Waals surface area (Å²) in [5.74, 6) is -0.553. The molecule has 4 rings (SSSR count). The summed E-state index contributed by atoms with van der Waals surface area (Å²) in [6.07, 6.45) is 3.75. The summed E-state index contributed by atoms with van der Waals surface area (Å²) in [6, 6.07) is 10.1. The van der Waals surface area contributed by atoms with E-state index < -0.39 is 11.4 Å². The van der Waals surface area contributed by atoms with Gasteiger partial charge in [0.2, 0.25) is 0 Å². The molecule has 148 valence electrons. The molecule has 1 saturated heterocycles. The van der Waals surface area contributed by atoms with Crippen LogP contribution in [0.5, 0.6) is 0 Å². The number of hydrogen-bond donors (Lipinski definition) is 1. The first kappa shape index (κ1) is 19.1. The molecular weight excluding hydrogens is 389 g/mol. The zero-order valence-corrected chi connectivity index (χ0v) is 15.8. The van der Waals surface area contributed by atoms with Crippen molar-refractivity contribution in [2.45, 2.75) is 35.3 Å². The number of halogens is 3. The summed E-state index contributed by atoms with van der Waals surface area (Å²) in [5.41, 5.74) is 3.25. The molecular formula is C19H19F3N4OS. The molecule has 2 aromatic rings. The maximum absolute atomic E-state index is 12.5. The van der Waals surface area contributed by atoms with Crippen molar-refractivity contribution in [3.8, 4) is 0 Å². The Morgan fingerprint density at radius 1 is 1.21 bits per heavy atom. The van der Waals surface area contributed by atoms with E-state index in [1.807, 2.05) is 6.07 Å². The highest BCUT2D eigenvalue weighted by Crippen LogP contribution is 2.48. The molecule has 1 aromatic heterocycles. The molecule has 28 heavy (non-hydrogen) atoms. The van der Waals surface area contributed by atoms with Gasteiger partial charge in [-0.05, 0) is 66.6 Å². The van der Waals surface area contributed by atoms with Crippen LogP contribution in [0.2, 0.25) is 0 Å². The standard InChI is InChI=1S/C19H19F3N4OS/c20-19(21,22)28-15-3-1-14(2-4-15)25-11-18(6-7-18)26(12-25)10-13-5-8-24-16(9-13)17(23)27/h1-5,8-9H,6-7,10-12H2,(H2,23,27). The number of rotatable bonds is 5. The highest BCUT2D eigenvalue weighted by atomic mass is 32.2. The van der Waals surface area contributed by atoms with Crippen molar-refractivity contribution in [1.82, 2.24) is 9.88 Å². The SMILES string of the molecule is NC(=O)c1cc(CN2CN(c3ccc(SC(F)(F)F)cc3)CC23CC3)ccn1. The number of amides is 1. The maximum Gasteiger partial charge on any atom is 0.446 e. The number of aromatic nitrogens is 1. The minimum Gasteiger partial charge on any atom is -0.364 e. The molecule has 1 amide bonds. The van der Waals surface area contributed by atoms with E-state index in [4.69, 9.17) is 5.73 Å². The van der Waals surface area contributed by atoms with Crippen LogP contribution >= 0.6 is 11.8 Å². The van der Waals surface area contributed by atoms with E-state index in [0.29, 0.717) is 13.2 Å². The first-order valence-corrected chi connectivity index (χ1v) is 9.66. The van der Waals surface area contributed by atoms with Crippen molar-refractivity contribution in [3.05, 3.63) is 53.9 Å². The molecule has 2 N–H and O–H groups in total. The maximum atomic E-state index is 12.5. The first-order chi connectivity index (χ1) is 13.2. The normalized spacial score (nSPS) is 18.6. The van der Waals surface area contributed by atoms with Crippen molar-refractivity contribution in [3.63, 3.8) is 0 Å². The van der Waals surface area contributed by atoms with Crippen LogP contribution in [0.25, 0.3) is 0 Å². The van der Waals surface area contributed by atoms with Gasteiger partial charge < -0.3 is 10.6 Å². The van der Waals surface area contributed by atoms with E-state index in [-0.39, 0.29) is 27.9 Å². The minimum absolute atomic E-state index is 0.0928. The largest absolute Gasteiger partial charge is 0.446 e. The lowest BCUT2D eigenvalue weighted by Gasteiger charge is -2.22. The van der Waals surface area contributed by atoms with Crippen LogP contribution in [0, 0.1) is 0 Å². The second-order valence-corrected chi connectivity index (χ2v) is 8.36. The average molecular weight is 408 g/mol. The van der Waals surface area contributed by atoms with E-state index in [2.05, 4.69) is 14.8 Å². The smallest absolute Gasteiger partial charge is 0.364 e. The van der Waals surface area contributed by atoms with Gasteiger partial charge in [-0.1, -0.05) is 0 Å². The number of benzene rings is 1. The second kappa shape index (κ2) is 6.97. The molecule has 0 radical (unpaired) electrons. The quantitative estimate of drug-likeness (QED) is 0.766. The monoisotopic (exact) mass is 408 g/mol. The molecule has 1 aliphatic heterocycles. The Morgan fingerprint density at radius 2 is 1.93 bits per heavy atom. The van der Waals surface area contributed by atoms with Crippen molar-refractivity contribution in [2.75, 3.05) is 18.1 Å². The summed E-state index contributed by atoms with van der Waals surface area (Å²) in [7, 11) is 0. The summed E-state index contributed by atoms with van der Waals surface area (Å²) in [6.45, 7) is 2.19. The first-order valence-electron chi connectivity index (χ1n) is 8.85. The van der Waals surface area contributed by atoms with Crippen LogP contribution in [-0.2, 0) is 6.54 Å². The van der Waals surface area contributed by atoms with Gasteiger partial charge in [-0.2, -0.15) is 13.2 Å². The lowest BCUT2D eigenvalue weighted by molar-refractivity contribution is -0.0328. The molecule has 2 fully saturated rings. The van der Waals surface area contributed by atoms with Gasteiger partial charge in [0.1, 0.15) is 5.69 Å². The number of primary amides is 1. The van der Waals surface area contributed by atoms with Crippen molar-refractivity contribution < 1.29 is 18.0 Å². The molecule has 2 heterocycles. The van der Waals surface area contributed by atoms with Gasteiger partial charge in [-0.15, -0.1) is 0 Å². The van der Waals surface area contributed by atoms with Crippen LogP contribution in [0.1, 0.15) is 28.9 Å². The Bertz CT molecular complexity index is 883. The third kappa shape index (κ3) is 4.10. The predicted molar refractivity (Wildman–Crippen MR) is 101 cm³/mol. The van der Waals surface area contributed by atoms with E-state index in [9.17, 15) is 18.0 Å². The molecule has 5 nitrogen and oxygen atoms in total. The van der Waals surface area contributed by atoms with Gasteiger partial charge in [-0.25, -0.2) is 0 Å². The van der Waals surface area contributed by atoms with Gasteiger partial charge >= 0.3 is 5.51 Å². The molecule has 9 heteroatoms. The molecule has 0 bridgehead atoms. The zero-order chi connectivity index (χ0) is 19.9. The fourth-order valence-electron chi connectivity index (χ4n) is 3.66. The Morgan fingerprint density at radius 3 is 2.54 bits per heavy atom. The number of hydrogen-bond acceptors (Lipinski definition) is 5. The second-order valence-electron chi connectivity index (χ2n) is 7.22. The number of nitrogens with two attached hydrogens (primary N) is 1. The molecule has 1 aliphatic carbocycles. The molecule has 0 unspecified atom stereocenters. The number of carbonyl (C=O) groups is 1. The van der Waals surface area contributed by atoms with Crippen LogP contribution in [0.4, 0.5) is 18.9 Å². The fourth-order valence-corrected chi connectivity index (χ4v) is 4.20. The molecule has 0 atom stereocenters. The van der Waals surface area contributed by atoms with Gasteiger partial charge in [0.25, 0.3) is 5.91 Å². The summed E-state index contributed by atoms with van der Waals surface area (Å²) < 4.78 is 37.5. The van der Waals surface area contributed by atoms with E-state index in [1.54, 1.807) is 24.4 Å². The van der Waals surface area contributed by atoms with Crippen LogP contribution in [0.3, 0.4) is 0 Å². The summed E-state index contributed by atoms with van der Waals surface area (Å²) >= 11 is -0.103. The van der Waals surface area contributed by atoms with Crippen LogP contribution in [0.15, 0.2) is 47.5 Å². The average Bonchev–Trinajstić information content (AvgIpc) is 3.32. The molecule has 1 saturated carbocycles. The Labute approximate surface area is 164 Å². The number of pyridine rings is 1. The number of anilines is 1. The molecule has 2 aliphatic rings. The van der Waals surface area contributed by atoms with Crippen molar-refractivity contribution in [2.24, 2.45) is 5.73 Å². The number of thioether (sulfide) groups is 1. The lowest BCUT2D eigenvalue weighted by Crippen LogP contribution is -2.32. The van der Waals surface area contributed by atoms with Crippen molar-refractivity contribution >= 4 is 23.4 Å². The van der Waals surface area contributed by atoms with E-state index in [1.165, 1.54) is 12.1 Å². The fraction of sp³-hybridized carbons (Fsp3) is 0.368. The third-order valence-corrected chi connectivity index (χ3v) is 5.95. The number of carbonyl (C=O) groups excluding carboxylic acids is 1. The van der Waals surface area contributed by atoms with Crippen LogP contribution < -0.4 is 10.6 Å². The summed E-state index contributed by atoms with van der Waals surface area (Å²) in [5, 5.41) is 0. The number of alkyl halides is 3. The van der Waals surface area contributed by atoms with Gasteiger partial charge in [-0.3, -0.25) is 14.7 Å². The zero-order valence-electron chi connectivity index (χ0n) is 14.9. The van der Waals surface area contributed by atoms with Crippen LogP contribution in [-0.4, -0.2) is 40.1 Å². The van der Waals surface area contributed by atoms with Crippen molar-refractivity contribution in [1.29, 1.82) is 0 Å². The highest BCUT2D eigenvalue weighted by Gasteiger charge is 2.53. The predicted octanol–water partition coefficient (Wildman–Crippen LogP) is 3.60. The topological polar surface area (TPSA) is 62.5 Å². The Kier molecular flexibility index (Phi) is 4.75. The van der Waals surface area contributed by atoms with E-state index >= 15 is 0 Å². The number of nitrogens with zero attached hydrogens (tertiary/aromatic N) is 3. The Balaban J connectivity index is 1.46. The summed E-state index contributed by atoms with van der Waals surface area (Å²) in [4.78, 5) is 20.0. The Hall–Kier alpha value is -2.26. The van der Waals surface area contributed by atoms with Gasteiger partial charge in [0, 0.05) is 35.4 Å². The minimum atomic E-state index is -4.28. The van der Waals surface area contributed by atoms with E-state index in [0.717, 1.165) is 30.6 Å². The third-order valence-electron chi connectivity index (χ3n) is 5.21. The van der Waals surface area contributed by atoms with Gasteiger partial charge in [0.05, 0.1) is 6.67 Å². The lowest BCUT2D eigenvalue weighted by atomic mass is 10.1. The highest BCUT2D eigenvalue weighted by molar-refractivity contribution is 8.00.